The number of ketones is 1. The molecule has 0 aromatic carbocycles. The lowest BCUT2D eigenvalue weighted by molar-refractivity contribution is -0.213. The van der Waals surface area contributed by atoms with Gasteiger partial charge in [0, 0.05) is 18.3 Å². The summed E-state index contributed by atoms with van der Waals surface area (Å²) in [7, 11) is 0. The van der Waals surface area contributed by atoms with Crippen LogP contribution in [0.2, 0.25) is 0 Å². The highest BCUT2D eigenvalue weighted by molar-refractivity contribution is 5.89. The molecule has 4 saturated carbocycles. The molecule has 3 nitrogen and oxygen atoms in total. The quantitative estimate of drug-likeness (QED) is 0.496. The number of aliphatic hydroxyl groups excluding tert-OH is 1. The Balaban J connectivity index is 1.52. The first-order valence-electron chi connectivity index (χ1n) is 13.9. The lowest BCUT2D eigenvalue weighted by atomic mass is 9.42. The summed E-state index contributed by atoms with van der Waals surface area (Å²) in [5, 5.41) is 21.8. The predicted molar refractivity (Wildman–Crippen MR) is 130 cm³/mol. The number of hydrogen-bond donors (Lipinski definition) is 2. The molecule has 3 heteroatoms. The predicted octanol–water partition coefficient (Wildman–Crippen LogP) is 6.40. The minimum Gasteiger partial charge on any atom is -0.393 e. The molecule has 10 atom stereocenters. The Bertz CT molecular complexity index is 703. The summed E-state index contributed by atoms with van der Waals surface area (Å²) >= 11 is 0. The van der Waals surface area contributed by atoms with Crippen LogP contribution in [-0.4, -0.2) is 27.7 Å². The van der Waals surface area contributed by atoms with Crippen LogP contribution in [0.15, 0.2) is 0 Å². The number of rotatable bonds is 6. The monoisotopic (exact) mass is 446 g/mol. The topological polar surface area (TPSA) is 57.5 Å². The lowest BCUT2D eigenvalue weighted by Crippen LogP contribution is -2.67. The van der Waals surface area contributed by atoms with Crippen LogP contribution in [0.25, 0.3) is 0 Å². The van der Waals surface area contributed by atoms with Crippen molar-refractivity contribution in [3.8, 4) is 0 Å². The van der Waals surface area contributed by atoms with Gasteiger partial charge in [0.1, 0.15) is 5.60 Å². The Morgan fingerprint density at radius 1 is 1.00 bits per heavy atom. The molecule has 0 radical (unpaired) electrons. The largest absolute Gasteiger partial charge is 0.393 e. The highest BCUT2D eigenvalue weighted by Gasteiger charge is 2.67. The van der Waals surface area contributed by atoms with Gasteiger partial charge in [-0.15, -0.1) is 0 Å². The second-order valence-corrected chi connectivity index (χ2v) is 13.4. The van der Waals surface area contributed by atoms with Crippen LogP contribution < -0.4 is 0 Å². The second-order valence-electron chi connectivity index (χ2n) is 13.4. The van der Waals surface area contributed by atoms with Crippen LogP contribution in [-0.2, 0) is 4.79 Å². The van der Waals surface area contributed by atoms with E-state index >= 15 is 0 Å². The van der Waals surface area contributed by atoms with Crippen molar-refractivity contribution in [1.29, 1.82) is 0 Å². The van der Waals surface area contributed by atoms with Crippen LogP contribution in [0.1, 0.15) is 112 Å². The van der Waals surface area contributed by atoms with E-state index in [0.29, 0.717) is 29.6 Å². The summed E-state index contributed by atoms with van der Waals surface area (Å²) < 4.78 is 0. The molecule has 4 aliphatic rings. The molecule has 4 fully saturated rings. The van der Waals surface area contributed by atoms with Gasteiger partial charge in [0.05, 0.1) is 6.10 Å². The fraction of sp³-hybridized carbons (Fsp3) is 0.966. The summed E-state index contributed by atoms with van der Waals surface area (Å²) in [5.41, 5.74) is -1.32. The van der Waals surface area contributed by atoms with Gasteiger partial charge in [-0.1, -0.05) is 54.4 Å². The number of fused-ring (bicyclic) bond motifs is 5. The molecule has 0 saturated heterocycles. The smallest absolute Gasteiger partial charge is 0.165 e. The second kappa shape index (κ2) is 8.67. The van der Waals surface area contributed by atoms with Gasteiger partial charge in [0.15, 0.2) is 5.78 Å². The van der Waals surface area contributed by atoms with Gasteiger partial charge in [-0.25, -0.2) is 0 Å². The van der Waals surface area contributed by atoms with E-state index in [0.717, 1.165) is 42.9 Å². The maximum Gasteiger partial charge on any atom is 0.165 e. The molecule has 2 N–H and O–H groups in total. The van der Waals surface area contributed by atoms with Crippen LogP contribution >= 0.6 is 0 Å². The van der Waals surface area contributed by atoms with Crippen molar-refractivity contribution in [2.24, 2.45) is 52.3 Å². The number of Topliss-reactive ketones (excluding diaryl/α,β-unsaturated/α-hetero) is 1. The summed E-state index contributed by atoms with van der Waals surface area (Å²) in [6, 6.07) is 0. The van der Waals surface area contributed by atoms with Crippen molar-refractivity contribution in [3.63, 3.8) is 0 Å². The normalized spacial score (nSPS) is 48.2. The minimum absolute atomic E-state index is 0.0310. The first-order valence-corrected chi connectivity index (χ1v) is 13.9. The van der Waals surface area contributed by atoms with Gasteiger partial charge in [0.25, 0.3) is 0 Å². The van der Waals surface area contributed by atoms with Crippen LogP contribution in [0.4, 0.5) is 0 Å². The number of aliphatic hydroxyl groups is 2. The fourth-order valence-corrected chi connectivity index (χ4v) is 9.68. The third-order valence-corrected chi connectivity index (χ3v) is 11.8. The third kappa shape index (κ3) is 3.63. The van der Waals surface area contributed by atoms with Crippen molar-refractivity contribution < 1.29 is 15.0 Å². The van der Waals surface area contributed by atoms with Gasteiger partial charge in [-0.2, -0.15) is 0 Å². The van der Waals surface area contributed by atoms with E-state index in [1.807, 2.05) is 0 Å². The van der Waals surface area contributed by atoms with Crippen LogP contribution in [0.5, 0.6) is 0 Å². The number of hydrogen-bond acceptors (Lipinski definition) is 3. The maximum absolute atomic E-state index is 13.4. The molecule has 4 rings (SSSR count). The molecule has 0 amide bonds. The highest BCUT2D eigenvalue weighted by Crippen LogP contribution is 2.68. The molecule has 0 aromatic rings. The van der Waals surface area contributed by atoms with Gasteiger partial charge >= 0.3 is 0 Å². The number of carbonyl (C=O) groups is 1. The van der Waals surface area contributed by atoms with Gasteiger partial charge in [0.2, 0.25) is 0 Å². The average Bonchev–Trinajstić information content (AvgIpc) is 3.08. The highest BCUT2D eigenvalue weighted by atomic mass is 16.3. The zero-order valence-electron chi connectivity index (χ0n) is 21.7. The molecule has 4 aliphatic carbocycles. The average molecular weight is 447 g/mol. The van der Waals surface area contributed by atoms with Crippen molar-refractivity contribution in [2.45, 2.75) is 124 Å². The van der Waals surface area contributed by atoms with Gasteiger partial charge in [-0.3, -0.25) is 4.79 Å². The summed E-state index contributed by atoms with van der Waals surface area (Å²) in [6.07, 6.45) is 10.7. The third-order valence-electron chi connectivity index (χ3n) is 11.8. The van der Waals surface area contributed by atoms with Crippen molar-refractivity contribution in [2.75, 3.05) is 0 Å². The molecule has 0 aliphatic heterocycles. The Morgan fingerprint density at radius 3 is 2.38 bits per heavy atom. The van der Waals surface area contributed by atoms with Gasteiger partial charge in [-0.05, 0) is 91.8 Å². The lowest BCUT2D eigenvalue weighted by Gasteiger charge is -2.63. The van der Waals surface area contributed by atoms with Crippen molar-refractivity contribution >= 4 is 5.78 Å². The number of carbonyl (C=O) groups excluding carboxylic acids is 1. The van der Waals surface area contributed by atoms with E-state index in [4.69, 9.17) is 0 Å². The van der Waals surface area contributed by atoms with Crippen molar-refractivity contribution in [1.82, 2.24) is 0 Å². The van der Waals surface area contributed by atoms with Gasteiger partial charge < -0.3 is 10.2 Å². The maximum atomic E-state index is 13.4. The molecule has 184 valence electrons. The Labute approximate surface area is 197 Å². The Kier molecular flexibility index (Phi) is 6.69. The van der Waals surface area contributed by atoms with E-state index in [2.05, 4.69) is 41.5 Å². The van der Waals surface area contributed by atoms with Crippen LogP contribution in [0.3, 0.4) is 0 Å². The zero-order valence-corrected chi connectivity index (χ0v) is 21.7. The molecule has 32 heavy (non-hydrogen) atoms. The molecule has 0 spiro atoms. The summed E-state index contributed by atoms with van der Waals surface area (Å²) in [4.78, 5) is 13.4. The molecule has 0 unspecified atom stereocenters. The van der Waals surface area contributed by atoms with E-state index in [1.165, 1.54) is 38.5 Å². The first kappa shape index (κ1) is 24.7. The molecule has 0 bridgehead atoms. The van der Waals surface area contributed by atoms with E-state index < -0.39 is 11.7 Å². The standard InChI is InChI=1S/C29H50O3/c1-7-20(18(2)3)9-8-19(4)23-10-11-24-22-16-26(31)29(32)17-21(30)12-15-28(29,6)25(22)13-14-27(23,24)5/h18-25,30,32H,7-17H2,1-6H3/t19-,20-,21-,22+,23-,24+,25+,27-,28-,29-/m1/s1. The van der Waals surface area contributed by atoms with E-state index in [9.17, 15) is 15.0 Å². The fourth-order valence-electron chi connectivity index (χ4n) is 9.68. The Morgan fingerprint density at radius 2 is 1.72 bits per heavy atom. The SMILES string of the molecule is CC[C@H](CC[C@@H](C)[C@H]1CC[C@H]2[C@@H]3CC(=O)[C@]4(O)C[C@H](O)CC[C@]4(C)[C@H]3CC[C@]12C)C(C)C. The molecule has 0 heterocycles. The van der Waals surface area contributed by atoms with Crippen LogP contribution in [0, 0.1) is 52.3 Å². The van der Waals surface area contributed by atoms with E-state index in [1.54, 1.807) is 0 Å². The zero-order chi connectivity index (χ0) is 23.5. The summed E-state index contributed by atoms with van der Waals surface area (Å²) in [5.74, 6) is 4.65. The van der Waals surface area contributed by atoms with Crippen molar-refractivity contribution in [3.05, 3.63) is 0 Å². The minimum atomic E-state index is -1.31. The summed E-state index contributed by atoms with van der Waals surface area (Å²) in [6.45, 7) is 14.3. The van der Waals surface area contributed by atoms with E-state index in [-0.39, 0.29) is 17.6 Å². The Hall–Kier alpha value is -0.410. The molecule has 0 aromatic heterocycles. The first-order chi connectivity index (χ1) is 15.0. The molecular weight excluding hydrogens is 396 g/mol. The molecular formula is C29H50O3.